The number of amides is 1. The molecule has 0 saturated heterocycles. The molecule has 1 amide bonds. The van der Waals surface area contributed by atoms with Crippen LogP contribution in [0, 0.1) is 0 Å². The van der Waals surface area contributed by atoms with Gasteiger partial charge in [-0.2, -0.15) is 0 Å². The van der Waals surface area contributed by atoms with Gasteiger partial charge in [0.25, 0.3) is 5.91 Å². The van der Waals surface area contributed by atoms with E-state index in [1.54, 1.807) is 29.5 Å². The van der Waals surface area contributed by atoms with Crippen LogP contribution in [0.5, 0.6) is 0 Å². The van der Waals surface area contributed by atoms with E-state index in [0.717, 1.165) is 15.5 Å². The van der Waals surface area contributed by atoms with E-state index in [0.29, 0.717) is 11.3 Å². The molecule has 0 aliphatic carbocycles. The van der Waals surface area contributed by atoms with E-state index in [1.165, 1.54) is 4.70 Å². The van der Waals surface area contributed by atoms with Crippen molar-refractivity contribution in [3.8, 4) is 0 Å². The Morgan fingerprint density at radius 1 is 1.15 bits per heavy atom. The van der Waals surface area contributed by atoms with Crippen molar-refractivity contribution >= 4 is 54.6 Å². The van der Waals surface area contributed by atoms with Crippen LogP contribution in [-0.4, -0.2) is 5.91 Å². The molecule has 3 rings (SSSR count). The molecule has 0 aliphatic rings. The van der Waals surface area contributed by atoms with Crippen LogP contribution >= 0.6 is 27.3 Å². The van der Waals surface area contributed by atoms with Gasteiger partial charge in [-0.3, -0.25) is 4.79 Å². The Labute approximate surface area is 128 Å². The van der Waals surface area contributed by atoms with Gasteiger partial charge in [-0.05, 0) is 69.2 Å². The van der Waals surface area contributed by atoms with Gasteiger partial charge >= 0.3 is 0 Å². The molecule has 0 atom stereocenters. The maximum Gasteiger partial charge on any atom is 0.256 e. The Morgan fingerprint density at radius 3 is 2.85 bits per heavy atom. The van der Waals surface area contributed by atoms with Crippen molar-refractivity contribution in [1.29, 1.82) is 0 Å². The molecule has 100 valence electrons. The molecule has 20 heavy (non-hydrogen) atoms. The molecule has 0 radical (unpaired) electrons. The smallest absolute Gasteiger partial charge is 0.256 e. The van der Waals surface area contributed by atoms with Gasteiger partial charge in [0.05, 0.1) is 5.56 Å². The first-order chi connectivity index (χ1) is 9.63. The molecule has 3 N–H and O–H groups in total. The first kappa shape index (κ1) is 13.1. The summed E-state index contributed by atoms with van der Waals surface area (Å²) in [5.74, 6) is -0.182. The highest BCUT2D eigenvalue weighted by Crippen LogP contribution is 2.25. The molecule has 3 nitrogen and oxygen atoms in total. The Balaban J connectivity index is 1.89. The average molecular weight is 347 g/mol. The van der Waals surface area contributed by atoms with E-state index in [1.807, 2.05) is 29.6 Å². The zero-order chi connectivity index (χ0) is 14.1. The number of benzene rings is 2. The lowest BCUT2D eigenvalue weighted by molar-refractivity contribution is 0.102. The Kier molecular flexibility index (Phi) is 3.46. The average Bonchev–Trinajstić information content (AvgIpc) is 2.89. The van der Waals surface area contributed by atoms with Crippen molar-refractivity contribution in [2.24, 2.45) is 0 Å². The quantitative estimate of drug-likeness (QED) is 0.671. The predicted octanol–water partition coefficient (Wildman–Crippen LogP) is 4.50. The van der Waals surface area contributed by atoms with Gasteiger partial charge in [0, 0.05) is 20.5 Å². The lowest BCUT2D eigenvalue weighted by atomic mass is 10.2. The zero-order valence-corrected chi connectivity index (χ0v) is 12.8. The Bertz CT molecular complexity index is 797. The van der Waals surface area contributed by atoms with Gasteiger partial charge in [0.15, 0.2) is 0 Å². The minimum absolute atomic E-state index is 0.182. The summed E-state index contributed by atoms with van der Waals surface area (Å²) >= 11 is 5.04. The molecule has 2 aromatic carbocycles. The first-order valence-corrected chi connectivity index (χ1v) is 7.64. The van der Waals surface area contributed by atoms with Gasteiger partial charge in [-0.25, -0.2) is 0 Å². The summed E-state index contributed by atoms with van der Waals surface area (Å²) < 4.78 is 1.92. The largest absolute Gasteiger partial charge is 0.399 e. The molecular formula is C15H11BrN2OS. The third-order valence-electron chi connectivity index (χ3n) is 2.95. The van der Waals surface area contributed by atoms with E-state index >= 15 is 0 Å². The first-order valence-electron chi connectivity index (χ1n) is 5.97. The molecule has 0 spiro atoms. The van der Waals surface area contributed by atoms with Crippen molar-refractivity contribution < 1.29 is 4.79 Å². The Hall–Kier alpha value is -1.85. The van der Waals surface area contributed by atoms with Crippen LogP contribution in [0.3, 0.4) is 0 Å². The number of nitrogens with one attached hydrogen (secondary N) is 1. The van der Waals surface area contributed by atoms with Crippen molar-refractivity contribution in [3.05, 3.63) is 57.9 Å². The number of carbonyl (C=O) groups excluding carboxylic acids is 1. The molecule has 1 heterocycles. The number of carbonyl (C=O) groups is 1. The summed E-state index contributed by atoms with van der Waals surface area (Å²) in [6.07, 6.45) is 0. The highest BCUT2D eigenvalue weighted by molar-refractivity contribution is 9.10. The molecule has 3 aromatic rings. The summed E-state index contributed by atoms with van der Waals surface area (Å²) in [6.45, 7) is 0. The highest BCUT2D eigenvalue weighted by atomic mass is 79.9. The summed E-state index contributed by atoms with van der Waals surface area (Å²) in [7, 11) is 0. The van der Waals surface area contributed by atoms with Gasteiger partial charge in [0.1, 0.15) is 0 Å². The van der Waals surface area contributed by atoms with Crippen molar-refractivity contribution in [1.82, 2.24) is 0 Å². The van der Waals surface area contributed by atoms with Gasteiger partial charge in [-0.15, -0.1) is 11.3 Å². The van der Waals surface area contributed by atoms with Crippen LogP contribution in [0.2, 0.25) is 0 Å². The maximum absolute atomic E-state index is 12.3. The van der Waals surface area contributed by atoms with E-state index in [2.05, 4.69) is 21.2 Å². The van der Waals surface area contributed by atoms with Crippen LogP contribution < -0.4 is 11.1 Å². The van der Waals surface area contributed by atoms with Crippen molar-refractivity contribution in [2.75, 3.05) is 11.1 Å². The monoisotopic (exact) mass is 346 g/mol. The van der Waals surface area contributed by atoms with E-state index in [4.69, 9.17) is 5.73 Å². The number of rotatable bonds is 2. The van der Waals surface area contributed by atoms with Gasteiger partial charge in [0.2, 0.25) is 0 Å². The SMILES string of the molecule is Nc1ccc(Br)c(C(=O)Nc2ccc3sccc3c2)c1. The van der Waals surface area contributed by atoms with E-state index in [-0.39, 0.29) is 5.91 Å². The molecule has 0 fully saturated rings. The number of nitrogens with two attached hydrogens (primary N) is 1. The fraction of sp³-hybridized carbons (Fsp3) is 0. The predicted molar refractivity (Wildman–Crippen MR) is 88.3 cm³/mol. The molecule has 5 heteroatoms. The number of hydrogen-bond acceptors (Lipinski definition) is 3. The molecule has 0 unspecified atom stereocenters. The summed E-state index contributed by atoms with van der Waals surface area (Å²) in [4.78, 5) is 12.3. The minimum Gasteiger partial charge on any atom is -0.399 e. The summed E-state index contributed by atoms with van der Waals surface area (Å²) in [5, 5.41) is 6.05. The topological polar surface area (TPSA) is 55.1 Å². The van der Waals surface area contributed by atoms with E-state index < -0.39 is 0 Å². The normalized spacial score (nSPS) is 10.7. The van der Waals surface area contributed by atoms with Crippen LogP contribution in [0.25, 0.3) is 10.1 Å². The fourth-order valence-corrected chi connectivity index (χ4v) is 3.16. The van der Waals surface area contributed by atoms with Gasteiger partial charge < -0.3 is 11.1 Å². The minimum atomic E-state index is -0.182. The molecule has 0 aliphatic heterocycles. The second kappa shape index (κ2) is 5.26. The fourth-order valence-electron chi connectivity index (χ4n) is 1.96. The second-order valence-corrected chi connectivity index (χ2v) is 6.17. The van der Waals surface area contributed by atoms with E-state index in [9.17, 15) is 4.79 Å². The maximum atomic E-state index is 12.3. The Morgan fingerprint density at radius 2 is 2.00 bits per heavy atom. The van der Waals surface area contributed by atoms with Crippen molar-refractivity contribution in [2.45, 2.75) is 0 Å². The molecule has 0 saturated carbocycles. The summed E-state index contributed by atoms with van der Waals surface area (Å²) in [6, 6.07) is 13.1. The molecule has 1 aromatic heterocycles. The third kappa shape index (κ3) is 2.55. The zero-order valence-electron chi connectivity index (χ0n) is 10.4. The van der Waals surface area contributed by atoms with Crippen LogP contribution in [0.4, 0.5) is 11.4 Å². The molecular weight excluding hydrogens is 336 g/mol. The van der Waals surface area contributed by atoms with Crippen LogP contribution in [0.1, 0.15) is 10.4 Å². The lowest BCUT2D eigenvalue weighted by Crippen LogP contribution is -2.12. The van der Waals surface area contributed by atoms with Crippen molar-refractivity contribution in [3.63, 3.8) is 0 Å². The number of thiophene rings is 1. The summed E-state index contributed by atoms with van der Waals surface area (Å²) in [5.41, 5.74) is 7.58. The molecule has 0 bridgehead atoms. The second-order valence-electron chi connectivity index (χ2n) is 4.37. The number of anilines is 2. The number of halogens is 1. The highest BCUT2D eigenvalue weighted by Gasteiger charge is 2.11. The number of fused-ring (bicyclic) bond motifs is 1. The number of nitrogen functional groups attached to an aromatic ring is 1. The standard InChI is InChI=1S/C15H11BrN2OS/c16-13-3-1-10(17)8-12(13)15(19)18-11-2-4-14-9(7-11)5-6-20-14/h1-8H,17H2,(H,18,19). The third-order valence-corrected chi connectivity index (χ3v) is 4.53. The lowest BCUT2D eigenvalue weighted by Gasteiger charge is -2.08. The van der Waals surface area contributed by atoms with Crippen LogP contribution in [-0.2, 0) is 0 Å². The number of hydrogen-bond donors (Lipinski definition) is 2. The van der Waals surface area contributed by atoms with Crippen LogP contribution in [0.15, 0.2) is 52.3 Å². The van der Waals surface area contributed by atoms with Gasteiger partial charge in [-0.1, -0.05) is 0 Å².